The third-order valence-corrected chi connectivity index (χ3v) is 4.10. The molecular weight excluding hydrogens is 381 g/mol. The Morgan fingerprint density at radius 2 is 1.89 bits per heavy atom. The molecule has 8 heteroatoms. The third-order valence-electron chi connectivity index (χ3n) is 3.78. The highest BCUT2D eigenvalue weighted by Gasteiger charge is 2.35. The van der Waals surface area contributed by atoms with Crippen LogP contribution in [0.5, 0.6) is 5.75 Å². The van der Waals surface area contributed by atoms with Gasteiger partial charge >= 0.3 is 6.18 Å². The van der Waals surface area contributed by atoms with Crippen molar-refractivity contribution in [3.05, 3.63) is 76.6 Å². The molecule has 0 aliphatic rings. The van der Waals surface area contributed by atoms with Crippen molar-refractivity contribution in [2.75, 3.05) is 0 Å². The Hall–Kier alpha value is -2.80. The lowest BCUT2D eigenvalue weighted by atomic mass is 10.1. The normalized spacial score (nSPS) is 11.4. The molecule has 0 N–H and O–H groups in total. The van der Waals surface area contributed by atoms with E-state index in [1.54, 1.807) is 42.5 Å². The van der Waals surface area contributed by atoms with Crippen molar-refractivity contribution in [3.63, 3.8) is 0 Å². The van der Waals surface area contributed by atoms with Crippen LogP contribution in [0.2, 0.25) is 5.02 Å². The van der Waals surface area contributed by atoms with Gasteiger partial charge in [0.05, 0.1) is 16.4 Å². The predicted octanol–water partition coefficient (Wildman–Crippen LogP) is 5.33. The number of carbonyl (C=O) groups excluding carboxylic acids is 1. The van der Waals surface area contributed by atoms with Gasteiger partial charge in [-0.2, -0.15) is 18.3 Å². The summed E-state index contributed by atoms with van der Waals surface area (Å²) in [6.45, 7) is 1.23. The molecule has 27 heavy (non-hydrogen) atoms. The minimum absolute atomic E-state index is 0.138. The summed E-state index contributed by atoms with van der Waals surface area (Å²) in [4.78, 5) is 11.5. The van der Waals surface area contributed by atoms with Crippen LogP contribution in [0.15, 0.2) is 54.6 Å². The van der Waals surface area contributed by atoms with Crippen LogP contribution in [0, 0.1) is 0 Å². The summed E-state index contributed by atoms with van der Waals surface area (Å²) in [5, 5.41) is 3.90. The van der Waals surface area contributed by atoms with Crippen LogP contribution < -0.4 is 4.74 Å². The van der Waals surface area contributed by atoms with Gasteiger partial charge < -0.3 is 4.74 Å². The molecule has 0 bridgehead atoms. The fraction of sp³-hybridized carbons (Fsp3) is 0.158. The van der Waals surface area contributed by atoms with Crippen LogP contribution in [0.1, 0.15) is 28.7 Å². The highest BCUT2D eigenvalue weighted by Crippen LogP contribution is 2.31. The Labute approximate surface area is 158 Å². The molecule has 0 aliphatic heterocycles. The zero-order valence-electron chi connectivity index (χ0n) is 14.1. The number of ether oxygens (including phenoxy) is 1. The standard InChI is InChI=1S/C19H14ClF3N2O2/c1-12(26)13-5-4-6-15(9-13)27-11-14-10-18(19(21,22)23)24-25(14)17-8-3-2-7-16(17)20/h2-10H,11H2,1H3. The lowest BCUT2D eigenvalue weighted by Gasteiger charge is -2.11. The van der Waals surface area contributed by atoms with Gasteiger partial charge in [0, 0.05) is 5.56 Å². The van der Waals surface area contributed by atoms with Gasteiger partial charge in [-0.25, -0.2) is 4.68 Å². The van der Waals surface area contributed by atoms with E-state index in [0.717, 1.165) is 10.7 Å². The molecular formula is C19H14ClF3N2O2. The minimum Gasteiger partial charge on any atom is -0.487 e. The molecule has 0 saturated carbocycles. The summed E-state index contributed by atoms with van der Waals surface area (Å²) in [6, 6.07) is 13.8. The number of nitrogens with zero attached hydrogens (tertiary/aromatic N) is 2. The lowest BCUT2D eigenvalue weighted by Crippen LogP contribution is -2.08. The molecule has 0 aliphatic carbocycles. The third kappa shape index (κ3) is 4.31. The highest BCUT2D eigenvalue weighted by atomic mass is 35.5. The molecule has 3 aromatic rings. The molecule has 0 saturated heterocycles. The minimum atomic E-state index is -4.60. The fourth-order valence-corrected chi connectivity index (χ4v) is 2.67. The second kappa shape index (κ2) is 7.44. The summed E-state index contributed by atoms with van der Waals surface area (Å²) in [6.07, 6.45) is -4.60. The second-order valence-corrected chi connectivity index (χ2v) is 6.16. The first-order valence-corrected chi connectivity index (χ1v) is 8.28. The molecule has 0 spiro atoms. The van der Waals surface area contributed by atoms with Gasteiger partial charge in [-0.3, -0.25) is 4.79 Å². The van der Waals surface area contributed by atoms with Gasteiger partial charge in [-0.1, -0.05) is 35.9 Å². The van der Waals surface area contributed by atoms with E-state index in [2.05, 4.69) is 5.10 Å². The SMILES string of the molecule is CC(=O)c1cccc(OCc2cc(C(F)(F)F)nn2-c2ccccc2Cl)c1. The van der Waals surface area contributed by atoms with Gasteiger partial charge in [0.25, 0.3) is 0 Å². The van der Waals surface area contributed by atoms with Crippen molar-refractivity contribution in [1.29, 1.82) is 0 Å². The molecule has 140 valence electrons. The fourth-order valence-electron chi connectivity index (χ4n) is 2.46. The number of Topliss-reactive ketones (excluding diaryl/α,β-unsaturated/α-hetero) is 1. The van der Waals surface area contributed by atoms with Gasteiger partial charge in [0.2, 0.25) is 0 Å². The molecule has 0 fully saturated rings. The molecule has 0 atom stereocenters. The van der Waals surface area contributed by atoms with Crippen molar-refractivity contribution < 1.29 is 22.7 Å². The molecule has 4 nitrogen and oxygen atoms in total. The van der Waals surface area contributed by atoms with E-state index < -0.39 is 11.9 Å². The van der Waals surface area contributed by atoms with E-state index in [1.165, 1.54) is 13.0 Å². The summed E-state index contributed by atoms with van der Waals surface area (Å²) in [5.74, 6) is 0.226. The summed E-state index contributed by atoms with van der Waals surface area (Å²) >= 11 is 6.11. The van der Waals surface area contributed by atoms with Crippen molar-refractivity contribution in [1.82, 2.24) is 9.78 Å². The number of carbonyl (C=O) groups is 1. The van der Waals surface area contributed by atoms with Crippen LogP contribution in [-0.4, -0.2) is 15.6 Å². The Morgan fingerprint density at radius 3 is 2.56 bits per heavy atom. The largest absolute Gasteiger partial charge is 0.487 e. The van der Waals surface area contributed by atoms with Crippen LogP contribution in [-0.2, 0) is 12.8 Å². The summed E-state index contributed by atoms with van der Waals surface area (Å²) < 4.78 is 46.0. The van der Waals surface area contributed by atoms with Crippen LogP contribution >= 0.6 is 11.6 Å². The highest BCUT2D eigenvalue weighted by molar-refractivity contribution is 6.32. The zero-order chi connectivity index (χ0) is 19.6. The smallest absolute Gasteiger partial charge is 0.435 e. The first-order valence-electron chi connectivity index (χ1n) is 7.90. The quantitative estimate of drug-likeness (QED) is 0.550. The number of hydrogen-bond acceptors (Lipinski definition) is 3. The van der Waals surface area contributed by atoms with E-state index in [-0.39, 0.29) is 23.1 Å². The second-order valence-electron chi connectivity index (χ2n) is 5.75. The van der Waals surface area contributed by atoms with Gasteiger partial charge in [0.15, 0.2) is 11.5 Å². The van der Waals surface area contributed by atoms with Gasteiger partial charge in [0.1, 0.15) is 12.4 Å². The molecule has 1 heterocycles. The maximum Gasteiger partial charge on any atom is 0.435 e. The zero-order valence-corrected chi connectivity index (χ0v) is 14.9. The molecule has 3 rings (SSSR count). The van der Waals surface area contributed by atoms with E-state index in [4.69, 9.17) is 16.3 Å². The average molecular weight is 395 g/mol. The number of rotatable bonds is 5. The van der Waals surface area contributed by atoms with E-state index in [9.17, 15) is 18.0 Å². The van der Waals surface area contributed by atoms with Crippen molar-refractivity contribution >= 4 is 17.4 Å². The lowest BCUT2D eigenvalue weighted by molar-refractivity contribution is -0.141. The van der Waals surface area contributed by atoms with Crippen LogP contribution in [0.25, 0.3) is 5.69 Å². The van der Waals surface area contributed by atoms with E-state index >= 15 is 0 Å². The average Bonchev–Trinajstić information content (AvgIpc) is 3.05. The number of halogens is 4. The van der Waals surface area contributed by atoms with Crippen LogP contribution in [0.4, 0.5) is 13.2 Å². The first-order chi connectivity index (χ1) is 12.8. The van der Waals surface area contributed by atoms with E-state index in [0.29, 0.717) is 17.0 Å². The van der Waals surface area contributed by atoms with Crippen molar-refractivity contribution in [3.8, 4) is 11.4 Å². The summed E-state index contributed by atoms with van der Waals surface area (Å²) in [5.41, 5.74) is -0.115. The Morgan fingerprint density at radius 1 is 1.15 bits per heavy atom. The van der Waals surface area contributed by atoms with Crippen molar-refractivity contribution in [2.45, 2.75) is 19.7 Å². The number of alkyl halides is 3. The molecule has 1 aromatic heterocycles. The van der Waals surface area contributed by atoms with E-state index in [1.807, 2.05) is 0 Å². The topological polar surface area (TPSA) is 44.1 Å². The number of para-hydroxylation sites is 1. The first kappa shape index (κ1) is 19.0. The maximum atomic E-state index is 13.1. The molecule has 2 aromatic carbocycles. The number of benzene rings is 2. The maximum absolute atomic E-state index is 13.1. The number of ketones is 1. The van der Waals surface area contributed by atoms with Gasteiger partial charge in [-0.15, -0.1) is 0 Å². The Kier molecular flexibility index (Phi) is 5.23. The number of hydrogen-bond donors (Lipinski definition) is 0. The molecule has 0 amide bonds. The number of aromatic nitrogens is 2. The predicted molar refractivity (Wildman–Crippen MR) is 94.4 cm³/mol. The van der Waals surface area contributed by atoms with Crippen LogP contribution in [0.3, 0.4) is 0 Å². The van der Waals surface area contributed by atoms with Crippen molar-refractivity contribution in [2.24, 2.45) is 0 Å². The van der Waals surface area contributed by atoms with Gasteiger partial charge in [-0.05, 0) is 37.3 Å². The summed E-state index contributed by atoms with van der Waals surface area (Å²) in [7, 11) is 0. The molecule has 0 unspecified atom stereocenters. The Bertz CT molecular complexity index is 983. The molecule has 0 radical (unpaired) electrons. The Balaban J connectivity index is 1.95. The monoisotopic (exact) mass is 394 g/mol.